The van der Waals surface area contributed by atoms with E-state index in [1.165, 1.54) is 93.1 Å². The molecular formula is C78H71BN4. The van der Waals surface area contributed by atoms with Crippen molar-refractivity contribution in [3.8, 4) is 33.9 Å². The zero-order chi connectivity index (χ0) is 57.5. The van der Waals surface area contributed by atoms with Crippen LogP contribution in [-0.4, -0.2) is 16.7 Å². The first-order chi connectivity index (χ1) is 39.6. The van der Waals surface area contributed by atoms with Gasteiger partial charge in [-0.15, -0.1) is 0 Å². The maximum absolute atomic E-state index is 5.83. The summed E-state index contributed by atoms with van der Waals surface area (Å²) in [5.74, 6) is 0.713. The van der Waals surface area contributed by atoms with Crippen LogP contribution in [-0.2, 0) is 21.7 Å². The van der Waals surface area contributed by atoms with Crippen molar-refractivity contribution in [3.05, 3.63) is 235 Å². The molecule has 0 N–H and O–H groups in total. The molecule has 0 fully saturated rings. The van der Waals surface area contributed by atoms with Crippen molar-refractivity contribution in [2.24, 2.45) is 0 Å². The number of rotatable bonds is 5. The second kappa shape index (κ2) is 18.9. The summed E-state index contributed by atoms with van der Waals surface area (Å²) in [4.78, 5) is 16.6. The molecule has 1 aromatic heterocycles. The summed E-state index contributed by atoms with van der Waals surface area (Å²) in [5, 5.41) is 9.81. The zero-order valence-corrected chi connectivity index (χ0v) is 50.1. The number of aromatic nitrogens is 2. The maximum Gasteiger partial charge on any atom is 0.252 e. The van der Waals surface area contributed by atoms with E-state index >= 15 is 0 Å². The summed E-state index contributed by atoms with van der Waals surface area (Å²) in [6.45, 7) is 27.6. The second-order valence-corrected chi connectivity index (χ2v) is 27.7. The monoisotopic (exact) mass is 1070 g/mol. The number of anilines is 6. The lowest BCUT2D eigenvalue weighted by Crippen LogP contribution is -2.61. The number of hydrogen-bond donors (Lipinski definition) is 0. The highest BCUT2D eigenvalue weighted by molar-refractivity contribution is 7.00. The minimum Gasteiger partial charge on any atom is -0.311 e. The molecular weight excluding hydrogens is 1000 g/mol. The van der Waals surface area contributed by atoms with Crippen LogP contribution in [0, 0.1) is 0 Å². The molecule has 5 heteroatoms. The minimum absolute atomic E-state index is 0.0970. The van der Waals surface area contributed by atoms with Gasteiger partial charge in [-0.3, -0.25) is 0 Å². The first kappa shape index (κ1) is 52.3. The highest BCUT2D eigenvalue weighted by Crippen LogP contribution is 2.48. The van der Waals surface area contributed by atoms with E-state index in [4.69, 9.17) is 9.97 Å². The lowest BCUT2D eigenvalue weighted by molar-refractivity contribution is 0.568. The van der Waals surface area contributed by atoms with Crippen LogP contribution in [0.15, 0.2) is 212 Å². The van der Waals surface area contributed by atoms with Gasteiger partial charge in [0.05, 0.1) is 11.4 Å². The number of benzene rings is 11. The summed E-state index contributed by atoms with van der Waals surface area (Å²) < 4.78 is 0. The molecule has 3 heterocycles. The molecule has 0 spiro atoms. The van der Waals surface area contributed by atoms with E-state index in [2.05, 4.69) is 305 Å². The van der Waals surface area contributed by atoms with Gasteiger partial charge in [0.15, 0.2) is 5.82 Å². The van der Waals surface area contributed by atoms with Gasteiger partial charge in [-0.1, -0.05) is 192 Å². The fourth-order valence-electron chi connectivity index (χ4n) is 12.9. The standard InChI is InChI=1S/C78H71BN4/c1-75(2,3)59-35-56(36-60(45-59)76(4,5)6)67-47-68(81-74(80-67)58-37-61(77(7,8)9)46-62(38-58)78(10,11)12)57-43-71-73-72(44-57)83(64-29-17-14-18-30-64)70-42-55-34-51-26-22-20-24-49(51)32-53(55)40-66(70)79(73)65-39-52-31-48-23-19-21-25-50(48)33-54(52)41-69(65)82(71)63-27-15-13-16-28-63/h13-47H,1-12H3. The maximum atomic E-state index is 5.83. The van der Waals surface area contributed by atoms with Crippen molar-refractivity contribution in [2.75, 3.05) is 9.80 Å². The van der Waals surface area contributed by atoms with Crippen LogP contribution in [0.5, 0.6) is 0 Å². The quantitative estimate of drug-likeness (QED) is 0.127. The molecule has 0 atom stereocenters. The Labute approximate surface area is 490 Å². The van der Waals surface area contributed by atoms with Gasteiger partial charge >= 0.3 is 0 Å². The van der Waals surface area contributed by atoms with Crippen LogP contribution in [0.4, 0.5) is 34.1 Å². The van der Waals surface area contributed by atoms with Crippen LogP contribution in [0.25, 0.3) is 77.0 Å². The zero-order valence-electron chi connectivity index (χ0n) is 50.1. The molecule has 0 saturated carbocycles. The van der Waals surface area contributed by atoms with Crippen molar-refractivity contribution in [1.82, 2.24) is 9.97 Å². The van der Waals surface area contributed by atoms with Crippen molar-refractivity contribution in [2.45, 2.75) is 105 Å². The number of hydrogen-bond acceptors (Lipinski definition) is 4. The highest BCUT2D eigenvalue weighted by Gasteiger charge is 2.44. The van der Waals surface area contributed by atoms with E-state index in [9.17, 15) is 0 Å². The predicted molar refractivity (Wildman–Crippen MR) is 357 cm³/mol. The van der Waals surface area contributed by atoms with Gasteiger partial charge in [-0.05, 0) is 207 Å². The van der Waals surface area contributed by atoms with E-state index in [1.54, 1.807) is 0 Å². The molecule has 4 nitrogen and oxygen atoms in total. The van der Waals surface area contributed by atoms with Crippen LogP contribution in [0.3, 0.4) is 0 Å². The Balaban J connectivity index is 1.12. The van der Waals surface area contributed by atoms with Crippen molar-refractivity contribution < 1.29 is 0 Å². The third-order valence-electron chi connectivity index (χ3n) is 17.6. The summed E-state index contributed by atoms with van der Waals surface area (Å²) in [7, 11) is 0. The van der Waals surface area contributed by atoms with E-state index in [1.807, 2.05) is 0 Å². The van der Waals surface area contributed by atoms with E-state index < -0.39 is 0 Å². The molecule has 11 aromatic carbocycles. The average Bonchev–Trinajstić information content (AvgIpc) is 1.68. The molecule has 0 amide bonds. The fourth-order valence-corrected chi connectivity index (χ4v) is 12.9. The number of nitrogens with zero attached hydrogens (tertiary/aromatic N) is 4. The Morgan fingerprint density at radius 2 is 0.614 bits per heavy atom. The van der Waals surface area contributed by atoms with E-state index in [0.29, 0.717) is 5.82 Å². The largest absolute Gasteiger partial charge is 0.311 e. The van der Waals surface area contributed by atoms with Gasteiger partial charge in [0, 0.05) is 50.8 Å². The Morgan fingerprint density at radius 3 is 0.976 bits per heavy atom. The summed E-state index contributed by atoms with van der Waals surface area (Å²) in [6.07, 6.45) is 0. The lowest BCUT2D eigenvalue weighted by atomic mass is 9.33. The summed E-state index contributed by atoms with van der Waals surface area (Å²) >= 11 is 0. The Morgan fingerprint density at radius 1 is 0.289 bits per heavy atom. The molecule has 2 aliphatic heterocycles. The third kappa shape index (κ3) is 9.17. The predicted octanol–water partition coefficient (Wildman–Crippen LogP) is 19.4. The Kier molecular flexibility index (Phi) is 11.9. The van der Waals surface area contributed by atoms with Gasteiger partial charge in [-0.25, -0.2) is 9.97 Å². The molecule has 0 saturated heterocycles. The van der Waals surface area contributed by atoms with Crippen molar-refractivity contribution in [1.29, 1.82) is 0 Å². The van der Waals surface area contributed by atoms with Crippen LogP contribution < -0.4 is 26.2 Å². The van der Waals surface area contributed by atoms with Gasteiger partial charge in [0.25, 0.3) is 6.71 Å². The molecule has 83 heavy (non-hydrogen) atoms. The number of fused-ring (bicyclic) bond motifs is 8. The van der Waals surface area contributed by atoms with Crippen molar-refractivity contribution in [3.63, 3.8) is 0 Å². The van der Waals surface area contributed by atoms with E-state index in [0.717, 1.165) is 50.8 Å². The number of para-hydroxylation sites is 2. The van der Waals surface area contributed by atoms with Gasteiger partial charge in [-0.2, -0.15) is 0 Å². The average molecular weight is 1080 g/mol. The molecule has 12 aromatic rings. The van der Waals surface area contributed by atoms with Crippen LogP contribution in [0.2, 0.25) is 0 Å². The molecule has 14 rings (SSSR count). The van der Waals surface area contributed by atoms with Gasteiger partial charge < -0.3 is 9.80 Å². The molecule has 2 aliphatic rings. The summed E-state index contributed by atoms with van der Waals surface area (Å²) in [5.41, 5.74) is 20.2. The molecule has 0 bridgehead atoms. The Hall–Kier alpha value is -8.80. The normalized spacial score (nSPS) is 13.5. The summed E-state index contributed by atoms with van der Waals surface area (Å²) in [6, 6.07) is 80.4. The third-order valence-corrected chi connectivity index (χ3v) is 17.6. The smallest absolute Gasteiger partial charge is 0.252 e. The van der Waals surface area contributed by atoms with Crippen molar-refractivity contribution >= 4 is 100 Å². The van der Waals surface area contributed by atoms with Crippen LogP contribution >= 0.6 is 0 Å². The molecule has 0 unspecified atom stereocenters. The topological polar surface area (TPSA) is 32.3 Å². The SMILES string of the molecule is CC(C)(C)c1cc(-c2cc(-c3cc4c5c(c3)N(c3ccccc3)c3cc6cc7ccccc7cc6cc3B5c3cc5cc6ccccc6cc5cc3N4c3ccccc3)nc(-c3cc(C(C)(C)C)cc(C(C)(C)C)c3)n2)cc(C(C)(C)C)c1. The van der Waals surface area contributed by atoms with E-state index in [-0.39, 0.29) is 28.4 Å². The van der Waals surface area contributed by atoms with Crippen LogP contribution in [0.1, 0.15) is 105 Å². The van der Waals surface area contributed by atoms with Gasteiger partial charge in [0.2, 0.25) is 0 Å². The second-order valence-electron chi connectivity index (χ2n) is 27.7. The highest BCUT2D eigenvalue weighted by atomic mass is 15.2. The minimum atomic E-state index is -0.117. The Bertz CT molecular complexity index is 4260. The fraction of sp³-hybridized carbons (Fsp3) is 0.205. The first-order valence-corrected chi connectivity index (χ1v) is 29.6. The molecule has 0 radical (unpaired) electrons. The molecule has 406 valence electrons. The van der Waals surface area contributed by atoms with Gasteiger partial charge in [0.1, 0.15) is 0 Å². The first-order valence-electron chi connectivity index (χ1n) is 29.6. The lowest BCUT2D eigenvalue weighted by Gasteiger charge is -2.44. The molecule has 0 aliphatic carbocycles.